The topological polar surface area (TPSA) is 183 Å². The first-order valence-electron chi connectivity index (χ1n) is 13.2. The minimum absolute atomic E-state index is 0.00840. The number of ether oxygens (including phenoxy) is 1. The number of phenols is 2. The minimum Gasteiger partial charge on any atom is -0.505 e. The van der Waals surface area contributed by atoms with Crippen LogP contribution in [0, 0.1) is 17.8 Å². The molecule has 1 aliphatic rings. The lowest BCUT2D eigenvalue weighted by atomic mass is 9.73. The van der Waals surface area contributed by atoms with E-state index in [1.807, 2.05) is 19.0 Å². The van der Waals surface area contributed by atoms with Gasteiger partial charge in [0.25, 0.3) is 0 Å². The van der Waals surface area contributed by atoms with E-state index in [1.54, 1.807) is 24.3 Å². The second-order valence-corrected chi connectivity index (χ2v) is 10.5. The number of nitrogens with one attached hydrogen (secondary N) is 1. The highest BCUT2D eigenvalue weighted by atomic mass is 16.5. The van der Waals surface area contributed by atoms with Crippen molar-refractivity contribution < 1.29 is 39.5 Å². The van der Waals surface area contributed by atoms with E-state index in [9.17, 15) is 34.8 Å². The third kappa shape index (κ3) is 7.02. The Labute approximate surface area is 233 Å². The number of nitrogens with two attached hydrogens (primary N) is 1. The van der Waals surface area contributed by atoms with Gasteiger partial charge in [0.2, 0.25) is 5.91 Å². The number of rotatable bonds is 14. The molecule has 218 valence electrons. The summed E-state index contributed by atoms with van der Waals surface area (Å²) in [5.41, 5.74) is 7.96. The Morgan fingerprint density at radius 3 is 2.48 bits per heavy atom. The van der Waals surface area contributed by atoms with E-state index in [4.69, 9.17) is 10.5 Å². The van der Waals surface area contributed by atoms with Gasteiger partial charge in [-0.15, -0.1) is 0 Å². The van der Waals surface area contributed by atoms with Crippen molar-refractivity contribution in [2.45, 2.75) is 38.6 Å². The molecule has 2 aromatic carbocycles. The number of benzene rings is 2. The van der Waals surface area contributed by atoms with Gasteiger partial charge in [-0.05, 0) is 60.4 Å². The Morgan fingerprint density at radius 2 is 1.90 bits per heavy atom. The predicted octanol–water partition coefficient (Wildman–Crippen LogP) is 1.97. The molecule has 3 rings (SSSR count). The number of nitrogens with zero attached hydrogens (tertiary/aromatic N) is 1. The largest absolute Gasteiger partial charge is 0.505 e. The molecule has 11 heteroatoms. The van der Waals surface area contributed by atoms with Gasteiger partial charge in [-0.2, -0.15) is 0 Å². The number of fused-ring (bicyclic) bond motifs is 1. The van der Waals surface area contributed by atoms with Crippen LogP contribution in [0.1, 0.15) is 47.2 Å². The first-order valence-corrected chi connectivity index (χ1v) is 13.2. The van der Waals surface area contributed by atoms with Crippen molar-refractivity contribution in [3.05, 3.63) is 41.0 Å². The second kappa shape index (κ2) is 13.5. The van der Waals surface area contributed by atoms with Crippen LogP contribution in [0.3, 0.4) is 0 Å². The molecule has 0 spiro atoms. The molecule has 0 aliphatic heterocycles. The lowest BCUT2D eigenvalue weighted by Crippen LogP contribution is -2.34. The fourth-order valence-electron chi connectivity index (χ4n) is 5.57. The zero-order chi connectivity index (χ0) is 29.6. The number of aliphatic hydroxyl groups is 2. The summed E-state index contributed by atoms with van der Waals surface area (Å²) >= 11 is 0. The van der Waals surface area contributed by atoms with E-state index < -0.39 is 36.6 Å². The van der Waals surface area contributed by atoms with Gasteiger partial charge in [0, 0.05) is 45.3 Å². The van der Waals surface area contributed by atoms with Crippen LogP contribution in [0.4, 0.5) is 11.4 Å². The van der Waals surface area contributed by atoms with Crippen molar-refractivity contribution in [2.24, 2.45) is 23.5 Å². The summed E-state index contributed by atoms with van der Waals surface area (Å²) in [6.45, 7) is -0.427. The number of phenolic OH excluding ortho intramolecular Hbond substituents is 2. The zero-order valence-corrected chi connectivity index (χ0v) is 23.1. The average molecular weight is 558 g/mol. The third-order valence-electron chi connectivity index (χ3n) is 7.50. The van der Waals surface area contributed by atoms with Crippen LogP contribution < -0.4 is 20.7 Å². The van der Waals surface area contributed by atoms with E-state index in [1.165, 1.54) is 7.11 Å². The van der Waals surface area contributed by atoms with Crippen molar-refractivity contribution in [2.75, 3.05) is 44.6 Å². The number of hydrogen-bond donors (Lipinski definition) is 6. The number of Topliss-reactive ketones (excluding diaryl/α,β-unsaturated/α-hetero) is 2. The molecule has 11 nitrogen and oxygen atoms in total. The number of primary amides is 1. The van der Waals surface area contributed by atoms with Gasteiger partial charge in [-0.1, -0.05) is 6.07 Å². The summed E-state index contributed by atoms with van der Waals surface area (Å²) in [4.78, 5) is 39.1. The van der Waals surface area contributed by atoms with E-state index in [0.717, 1.165) is 11.3 Å². The van der Waals surface area contributed by atoms with Crippen LogP contribution in [0.2, 0.25) is 0 Å². The van der Waals surface area contributed by atoms with E-state index in [2.05, 4.69) is 5.32 Å². The fourth-order valence-corrected chi connectivity index (χ4v) is 5.57. The van der Waals surface area contributed by atoms with Crippen LogP contribution in [-0.4, -0.2) is 72.3 Å². The molecule has 40 heavy (non-hydrogen) atoms. The SMILES string of the molecule is COc1ccc(CNc2cc(N(C)C)c3c(c2O)C(=O)CC(CC(CCO)C(CO)C(=O)CC(N)=O)C3)cc1O. The molecule has 0 aromatic heterocycles. The van der Waals surface area contributed by atoms with Crippen molar-refractivity contribution >= 4 is 28.8 Å². The molecule has 0 radical (unpaired) electrons. The zero-order valence-electron chi connectivity index (χ0n) is 23.1. The van der Waals surface area contributed by atoms with Gasteiger partial charge >= 0.3 is 0 Å². The van der Waals surface area contributed by atoms with E-state index >= 15 is 0 Å². The van der Waals surface area contributed by atoms with Gasteiger partial charge in [-0.25, -0.2) is 0 Å². The number of aliphatic hydroxyl groups excluding tert-OH is 2. The molecule has 0 saturated carbocycles. The summed E-state index contributed by atoms with van der Waals surface area (Å²) in [5, 5.41) is 43.9. The Kier molecular flexibility index (Phi) is 10.4. The maximum Gasteiger partial charge on any atom is 0.224 e. The van der Waals surface area contributed by atoms with E-state index in [0.29, 0.717) is 29.8 Å². The highest BCUT2D eigenvalue weighted by Crippen LogP contribution is 2.44. The van der Waals surface area contributed by atoms with Gasteiger partial charge in [-0.3, -0.25) is 14.4 Å². The molecule has 0 fully saturated rings. The Morgan fingerprint density at radius 1 is 1.18 bits per heavy atom. The molecule has 0 bridgehead atoms. The number of amides is 1. The molecule has 0 saturated heterocycles. The number of methoxy groups -OCH3 is 1. The third-order valence-corrected chi connectivity index (χ3v) is 7.50. The number of ketones is 2. The quantitative estimate of drug-likeness (QED) is 0.148. The maximum absolute atomic E-state index is 13.4. The Bertz CT molecular complexity index is 1250. The van der Waals surface area contributed by atoms with Crippen molar-refractivity contribution in [1.29, 1.82) is 0 Å². The average Bonchev–Trinajstić information content (AvgIpc) is 2.88. The highest BCUT2D eigenvalue weighted by molar-refractivity contribution is 6.04. The molecule has 3 atom stereocenters. The predicted molar refractivity (Wildman–Crippen MR) is 150 cm³/mol. The molecule has 1 aliphatic carbocycles. The summed E-state index contributed by atoms with van der Waals surface area (Å²) in [6.07, 6.45) is 0.662. The van der Waals surface area contributed by atoms with E-state index in [-0.39, 0.29) is 54.8 Å². The van der Waals surface area contributed by atoms with Crippen LogP contribution in [-0.2, 0) is 22.6 Å². The molecule has 7 N–H and O–H groups in total. The lowest BCUT2D eigenvalue weighted by molar-refractivity contribution is -0.131. The monoisotopic (exact) mass is 557 g/mol. The Hall–Kier alpha value is -3.83. The summed E-state index contributed by atoms with van der Waals surface area (Å²) in [6, 6.07) is 6.74. The molecule has 1 amide bonds. The smallest absolute Gasteiger partial charge is 0.224 e. The standard InChI is InChI=1S/C29H39N3O8/c1-32(2)22-12-21(31-14-16-4-5-26(40-3)24(36)10-16)29(39)28-19(22)9-17(11-25(28)37)8-18(6-7-33)20(15-34)23(35)13-27(30)38/h4-5,10,12,17-18,20,31,33-34,36,39H,6-9,11,13-15H2,1-3H3,(H2,30,38). The molecule has 0 heterocycles. The number of carbonyl (C=O) groups excluding carboxylic acids is 3. The van der Waals surface area contributed by atoms with Gasteiger partial charge in [0.15, 0.2) is 17.3 Å². The number of hydrogen-bond acceptors (Lipinski definition) is 10. The molecular weight excluding hydrogens is 518 g/mol. The van der Waals surface area contributed by atoms with Crippen LogP contribution in [0.5, 0.6) is 17.2 Å². The fraction of sp³-hybridized carbons (Fsp3) is 0.483. The van der Waals surface area contributed by atoms with Gasteiger partial charge in [0.1, 0.15) is 11.5 Å². The van der Waals surface area contributed by atoms with Crippen molar-refractivity contribution in [3.8, 4) is 17.2 Å². The molecule has 3 unspecified atom stereocenters. The first-order chi connectivity index (χ1) is 19.0. The Balaban J connectivity index is 1.87. The molecular formula is C29H39N3O8. The number of aromatic hydroxyl groups is 2. The minimum atomic E-state index is -0.873. The first kappa shape index (κ1) is 30.7. The lowest BCUT2D eigenvalue weighted by Gasteiger charge is -2.33. The number of carbonyl (C=O) groups is 3. The summed E-state index contributed by atoms with van der Waals surface area (Å²) in [7, 11) is 5.14. The second-order valence-electron chi connectivity index (χ2n) is 10.5. The normalized spacial score (nSPS) is 16.1. The van der Waals surface area contributed by atoms with Gasteiger partial charge in [0.05, 0.1) is 31.4 Å². The summed E-state index contributed by atoms with van der Waals surface area (Å²) in [5.74, 6) is -2.85. The van der Waals surface area contributed by atoms with Crippen LogP contribution in [0.25, 0.3) is 0 Å². The molecule has 2 aromatic rings. The number of anilines is 2. The highest BCUT2D eigenvalue weighted by Gasteiger charge is 2.36. The summed E-state index contributed by atoms with van der Waals surface area (Å²) < 4.78 is 5.08. The van der Waals surface area contributed by atoms with Crippen LogP contribution >= 0.6 is 0 Å². The van der Waals surface area contributed by atoms with Crippen molar-refractivity contribution in [3.63, 3.8) is 0 Å². The maximum atomic E-state index is 13.4. The van der Waals surface area contributed by atoms with Crippen LogP contribution in [0.15, 0.2) is 24.3 Å². The van der Waals surface area contributed by atoms with Gasteiger partial charge < -0.3 is 41.1 Å². The van der Waals surface area contributed by atoms with Crippen molar-refractivity contribution in [1.82, 2.24) is 0 Å².